The third kappa shape index (κ3) is 3.13. The van der Waals surface area contributed by atoms with Crippen molar-refractivity contribution in [3.8, 4) is 0 Å². The minimum absolute atomic E-state index is 0.0398. The molecule has 38 heavy (non-hydrogen) atoms. The van der Waals surface area contributed by atoms with Crippen LogP contribution in [0.5, 0.6) is 0 Å². The maximum Gasteiger partial charge on any atom is 0.287 e. The number of aromatic nitrogens is 1. The summed E-state index contributed by atoms with van der Waals surface area (Å²) < 4.78 is 27.9. The van der Waals surface area contributed by atoms with Crippen molar-refractivity contribution in [1.29, 1.82) is 0 Å². The molecule has 1 spiro atoms. The van der Waals surface area contributed by atoms with E-state index in [1.165, 1.54) is 11.8 Å². The van der Waals surface area contributed by atoms with Gasteiger partial charge in [0.1, 0.15) is 5.41 Å². The summed E-state index contributed by atoms with van der Waals surface area (Å²) in [5.41, 5.74) is -1.000. The molecule has 12 heteroatoms. The molecule has 1 aliphatic carbocycles. The minimum atomic E-state index is -1.62. The highest BCUT2D eigenvalue weighted by Gasteiger charge is 2.63. The van der Waals surface area contributed by atoms with E-state index in [0.29, 0.717) is 10.9 Å². The molecule has 5 heterocycles. The number of halogens is 1. The highest BCUT2D eigenvalue weighted by Crippen LogP contribution is 2.51. The molecule has 7 rings (SSSR count). The topological polar surface area (TPSA) is 122 Å². The number of carbonyl (C=O) groups is 4. The van der Waals surface area contributed by atoms with E-state index in [-0.39, 0.29) is 52.7 Å². The Hall–Kier alpha value is -2.99. The number of nitrogens with zero attached hydrogens (tertiary/aromatic N) is 3. The van der Waals surface area contributed by atoms with Crippen LogP contribution in [0, 0.1) is 11.2 Å². The molecule has 10 nitrogen and oxygen atoms in total. The second-order valence-corrected chi connectivity index (χ2v) is 12.3. The van der Waals surface area contributed by atoms with Crippen LogP contribution in [0.2, 0.25) is 0 Å². The third-order valence-corrected chi connectivity index (χ3v) is 10.1. The van der Waals surface area contributed by atoms with Crippen LogP contribution in [0.15, 0.2) is 10.6 Å². The Bertz CT molecular complexity index is 1410. The molecule has 3 saturated heterocycles. The predicted octanol–water partition coefficient (Wildman–Crippen LogP) is 3.09. The molecule has 4 aliphatic heterocycles. The Morgan fingerprint density at radius 3 is 2.76 bits per heavy atom. The molecule has 4 fully saturated rings. The highest BCUT2D eigenvalue weighted by atomic mass is 32.2. The fraction of sp³-hybridized carbons (Fsp3) is 0.577. The first-order valence-corrected chi connectivity index (χ1v) is 14.0. The van der Waals surface area contributed by atoms with Gasteiger partial charge in [-0.25, -0.2) is 4.39 Å². The van der Waals surface area contributed by atoms with Crippen LogP contribution in [-0.4, -0.2) is 64.1 Å². The smallest absolute Gasteiger partial charge is 0.287 e. The first-order chi connectivity index (χ1) is 18.2. The highest BCUT2D eigenvalue weighted by molar-refractivity contribution is 8.14. The summed E-state index contributed by atoms with van der Waals surface area (Å²) in [7, 11) is 0. The van der Waals surface area contributed by atoms with Crippen molar-refractivity contribution in [3.63, 3.8) is 0 Å². The van der Waals surface area contributed by atoms with Gasteiger partial charge in [0.15, 0.2) is 17.4 Å². The van der Waals surface area contributed by atoms with Gasteiger partial charge in [0.05, 0.1) is 41.8 Å². The summed E-state index contributed by atoms with van der Waals surface area (Å²) in [6.45, 7) is 3.85. The van der Waals surface area contributed by atoms with E-state index in [9.17, 15) is 19.2 Å². The lowest BCUT2D eigenvalue weighted by atomic mass is 9.63. The average Bonchev–Trinajstić information content (AvgIpc) is 3.41. The fourth-order valence-electron chi connectivity index (χ4n) is 7.38. The number of carbonyl (C=O) groups excluding carboxylic acids is 4. The number of rotatable bonds is 1. The lowest BCUT2D eigenvalue weighted by molar-refractivity contribution is -0.158. The molecule has 2 aromatic rings. The van der Waals surface area contributed by atoms with Gasteiger partial charge in [-0.05, 0) is 44.7 Å². The SMILES string of the molecule is C[C@@H]1CN2c3c(cc4c(N5C(=O)S[C@H]6CCCC[C@H]65)noc4c3F)CC3(C(=O)CC(=O)NC3=O)[C@H]2[C@H](C)O1. The lowest BCUT2D eigenvalue weighted by Gasteiger charge is -2.55. The van der Waals surface area contributed by atoms with Gasteiger partial charge in [-0.15, -0.1) is 0 Å². The van der Waals surface area contributed by atoms with Crippen molar-refractivity contribution in [2.75, 3.05) is 16.3 Å². The van der Waals surface area contributed by atoms with Gasteiger partial charge >= 0.3 is 0 Å². The Labute approximate surface area is 221 Å². The molecule has 6 atom stereocenters. The first-order valence-electron chi connectivity index (χ1n) is 13.1. The van der Waals surface area contributed by atoms with Gasteiger partial charge in [-0.1, -0.05) is 29.8 Å². The largest absolute Gasteiger partial charge is 0.372 e. The number of Topliss-reactive ketones (excluding diaryl/α,β-unsaturated/α-hetero) is 1. The second kappa shape index (κ2) is 8.25. The lowest BCUT2D eigenvalue weighted by Crippen LogP contribution is -2.72. The molecule has 1 aromatic heterocycles. The van der Waals surface area contributed by atoms with E-state index in [1.807, 2.05) is 6.92 Å². The molecule has 1 aromatic carbocycles. The van der Waals surface area contributed by atoms with E-state index in [0.717, 1.165) is 25.7 Å². The van der Waals surface area contributed by atoms with Crippen molar-refractivity contribution in [2.45, 2.75) is 81.9 Å². The van der Waals surface area contributed by atoms with Gasteiger partial charge in [0, 0.05) is 11.8 Å². The van der Waals surface area contributed by atoms with Gasteiger partial charge in [0.2, 0.25) is 17.4 Å². The minimum Gasteiger partial charge on any atom is -0.372 e. The van der Waals surface area contributed by atoms with Crippen LogP contribution in [0.4, 0.5) is 20.7 Å². The second-order valence-electron chi connectivity index (χ2n) is 11.1. The zero-order valence-electron chi connectivity index (χ0n) is 21.0. The molecule has 3 amide bonds. The van der Waals surface area contributed by atoms with Crippen LogP contribution >= 0.6 is 11.8 Å². The number of imide groups is 1. The predicted molar refractivity (Wildman–Crippen MR) is 136 cm³/mol. The number of amides is 3. The van der Waals surface area contributed by atoms with E-state index >= 15 is 4.39 Å². The zero-order chi connectivity index (χ0) is 26.5. The summed E-state index contributed by atoms with van der Waals surface area (Å²) in [6.07, 6.45) is 2.42. The number of nitrogens with one attached hydrogen (secondary N) is 1. The standard InChI is InChI=1S/C26H27FN4O6S/c1-11-10-30-20-13(9-26(22(30)12(2)36-11)17(32)8-18(33)28-24(26)34)7-14-21(19(20)27)37-29-23(14)31-15-5-3-4-6-16(15)38-25(31)35/h7,11-12,15-16,22H,3-6,8-10H2,1-2H3,(H,28,33,34)/t11-,12+,15-,16+,22-,26?/m1/s1. The van der Waals surface area contributed by atoms with E-state index in [2.05, 4.69) is 10.5 Å². The fourth-order valence-corrected chi connectivity index (χ4v) is 8.68. The van der Waals surface area contributed by atoms with Gasteiger partial charge < -0.3 is 14.2 Å². The Kier molecular flexibility index (Phi) is 5.23. The molecule has 1 saturated carbocycles. The number of hydrogen-bond acceptors (Lipinski definition) is 9. The molecule has 0 radical (unpaired) electrons. The average molecular weight is 543 g/mol. The zero-order valence-corrected chi connectivity index (χ0v) is 21.8. The van der Waals surface area contributed by atoms with Gasteiger partial charge in [-0.2, -0.15) is 0 Å². The summed E-state index contributed by atoms with van der Waals surface area (Å²) in [6, 6.07) is 0.857. The molecular weight excluding hydrogens is 515 g/mol. The Morgan fingerprint density at radius 1 is 1.18 bits per heavy atom. The van der Waals surface area contributed by atoms with Crippen LogP contribution < -0.4 is 15.1 Å². The molecule has 0 bridgehead atoms. The molecular formula is C26H27FN4O6S. The van der Waals surface area contributed by atoms with Crippen molar-refractivity contribution >= 4 is 57.1 Å². The van der Waals surface area contributed by atoms with Crippen molar-refractivity contribution in [3.05, 3.63) is 17.4 Å². The van der Waals surface area contributed by atoms with Gasteiger partial charge in [0.25, 0.3) is 5.24 Å². The number of hydrogen-bond donors (Lipinski definition) is 1. The van der Waals surface area contributed by atoms with Crippen molar-refractivity contribution in [1.82, 2.24) is 10.5 Å². The molecule has 5 aliphatic rings. The number of thioether (sulfide) groups is 1. The summed E-state index contributed by atoms with van der Waals surface area (Å²) in [4.78, 5) is 55.4. The maximum atomic E-state index is 16.4. The monoisotopic (exact) mass is 542 g/mol. The van der Waals surface area contributed by atoms with Crippen molar-refractivity contribution in [2.24, 2.45) is 5.41 Å². The van der Waals surface area contributed by atoms with E-state index in [4.69, 9.17) is 9.26 Å². The van der Waals surface area contributed by atoms with Crippen LogP contribution in [0.3, 0.4) is 0 Å². The quantitative estimate of drug-likeness (QED) is 0.428. The number of piperidine rings is 1. The van der Waals surface area contributed by atoms with Crippen molar-refractivity contribution < 1.29 is 32.8 Å². The maximum absolute atomic E-state index is 16.4. The Balaban J connectivity index is 1.41. The van der Waals surface area contributed by atoms with Crippen LogP contribution in [0.1, 0.15) is 51.5 Å². The van der Waals surface area contributed by atoms with Crippen LogP contribution in [0.25, 0.3) is 11.0 Å². The number of morpholine rings is 1. The third-order valence-electron chi connectivity index (χ3n) is 8.83. The van der Waals surface area contributed by atoms with E-state index in [1.54, 1.807) is 22.8 Å². The first kappa shape index (κ1) is 24.1. The molecule has 1 unspecified atom stereocenters. The number of ketones is 1. The molecule has 1 N–H and O–H groups in total. The molecule has 200 valence electrons. The summed E-state index contributed by atoms with van der Waals surface area (Å²) in [5.74, 6) is -2.21. The normalized spacial score (nSPS) is 35.0. The number of benzene rings is 1. The number of ether oxygens (including phenoxy) is 1. The van der Waals surface area contributed by atoms with E-state index < -0.39 is 47.4 Å². The van der Waals surface area contributed by atoms with Crippen LogP contribution in [-0.2, 0) is 25.5 Å². The summed E-state index contributed by atoms with van der Waals surface area (Å²) in [5, 5.41) is 6.88. The number of anilines is 2. The van der Waals surface area contributed by atoms with Gasteiger partial charge in [-0.3, -0.25) is 29.4 Å². The Morgan fingerprint density at radius 2 is 1.97 bits per heavy atom. The summed E-state index contributed by atoms with van der Waals surface area (Å²) >= 11 is 1.29. The number of fused-ring (bicyclic) bond motifs is 6.